The molecule has 0 unspecified atom stereocenters. The fourth-order valence-electron chi connectivity index (χ4n) is 3.36. The summed E-state index contributed by atoms with van der Waals surface area (Å²) in [7, 11) is -4.30. The Labute approximate surface area is 181 Å². The molecule has 1 heterocycles. The van der Waals surface area contributed by atoms with Crippen molar-refractivity contribution in [2.24, 2.45) is 0 Å². The molecule has 0 fully saturated rings. The molecule has 3 aromatic rings. The Morgan fingerprint density at radius 1 is 1.03 bits per heavy atom. The Kier molecular flexibility index (Phi) is 5.18. The average molecular weight is 456 g/mol. The summed E-state index contributed by atoms with van der Waals surface area (Å²) < 4.78 is 33.6. The molecule has 0 bridgehead atoms. The minimum atomic E-state index is -4.30. The molecule has 0 aromatic heterocycles. The van der Waals surface area contributed by atoms with E-state index in [2.05, 4.69) is 4.72 Å². The normalized spacial score (nSPS) is 13.4. The van der Waals surface area contributed by atoms with E-state index in [0.717, 1.165) is 11.0 Å². The number of nitrogens with one attached hydrogen (secondary N) is 1. The molecule has 1 aliphatic rings. The van der Waals surface area contributed by atoms with Gasteiger partial charge in [-0.2, -0.15) is 0 Å². The highest BCUT2D eigenvalue weighted by Gasteiger charge is 2.29. The molecule has 11 heteroatoms. The van der Waals surface area contributed by atoms with E-state index in [1.807, 2.05) is 0 Å². The van der Waals surface area contributed by atoms with Gasteiger partial charge in [-0.25, -0.2) is 13.2 Å². The van der Waals surface area contributed by atoms with Gasteiger partial charge in [0.25, 0.3) is 15.9 Å². The summed E-state index contributed by atoms with van der Waals surface area (Å²) in [5, 5.41) is 19.9. The molecule has 0 spiro atoms. The van der Waals surface area contributed by atoms with E-state index < -0.39 is 34.4 Å². The van der Waals surface area contributed by atoms with Crippen LogP contribution in [0.3, 0.4) is 0 Å². The summed E-state index contributed by atoms with van der Waals surface area (Å²) in [5.74, 6) is -3.07. The summed E-state index contributed by atoms with van der Waals surface area (Å²) in [6, 6.07) is 13.3. The Morgan fingerprint density at radius 2 is 1.72 bits per heavy atom. The van der Waals surface area contributed by atoms with Gasteiger partial charge in [0.15, 0.2) is 6.61 Å². The van der Waals surface area contributed by atoms with Crippen molar-refractivity contribution >= 4 is 50.0 Å². The zero-order valence-electron chi connectivity index (χ0n) is 16.3. The van der Waals surface area contributed by atoms with Crippen LogP contribution >= 0.6 is 0 Å². The lowest BCUT2D eigenvalue weighted by Crippen LogP contribution is -2.42. The number of amides is 1. The first-order valence-electron chi connectivity index (χ1n) is 9.23. The van der Waals surface area contributed by atoms with Gasteiger partial charge >= 0.3 is 11.9 Å². The maximum atomic E-state index is 13.0. The first kappa shape index (κ1) is 21.1. The van der Waals surface area contributed by atoms with Crippen LogP contribution in [0.1, 0.15) is 10.4 Å². The first-order chi connectivity index (χ1) is 15.2. The molecule has 1 aliphatic heterocycles. The summed E-state index contributed by atoms with van der Waals surface area (Å²) in [6.07, 6.45) is 0. The number of carboxylic acids is 2. The number of carbonyl (C=O) groups is 3. The van der Waals surface area contributed by atoms with Crippen molar-refractivity contribution < 1.29 is 37.8 Å². The third-order valence-electron chi connectivity index (χ3n) is 4.84. The standard InChI is InChI=1S/C21H16N2O8S/c24-19-11-31-18-6-5-14(9-17(18)23(19)10-20(25)26)32(29,30)22-16-8-13-4-2-1-3-12(13)7-15(16)21(27)28/h1-9,22H,10-11H2,(H,25,26)(H,27,28). The van der Waals surface area contributed by atoms with E-state index >= 15 is 0 Å². The minimum Gasteiger partial charge on any atom is -0.482 e. The van der Waals surface area contributed by atoms with Crippen molar-refractivity contribution in [1.82, 2.24) is 0 Å². The number of carbonyl (C=O) groups excluding carboxylic acids is 1. The van der Waals surface area contributed by atoms with Crippen LogP contribution in [0.25, 0.3) is 10.8 Å². The zero-order valence-corrected chi connectivity index (χ0v) is 17.1. The lowest BCUT2D eigenvalue weighted by molar-refractivity contribution is -0.137. The number of benzene rings is 3. The molecule has 3 N–H and O–H groups in total. The van der Waals surface area contributed by atoms with Crippen LogP contribution in [0.2, 0.25) is 0 Å². The monoisotopic (exact) mass is 456 g/mol. The smallest absolute Gasteiger partial charge is 0.337 e. The van der Waals surface area contributed by atoms with Gasteiger partial charge in [-0.15, -0.1) is 0 Å². The van der Waals surface area contributed by atoms with Gasteiger partial charge in [0, 0.05) is 0 Å². The number of sulfonamides is 1. The van der Waals surface area contributed by atoms with E-state index in [0.29, 0.717) is 10.8 Å². The van der Waals surface area contributed by atoms with Crippen LogP contribution < -0.4 is 14.4 Å². The fraction of sp³-hybridized carbons (Fsp3) is 0.0952. The molecule has 0 aliphatic carbocycles. The number of anilines is 2. The van der Waals surface area contributed by atoms with Crippen LogP contribution in [0, 0.1) is 0 Å². The number of carboxylic acid groups (broad SMARTS) is 2. The molecule has 3 aromatic carbocycles. The molecule has 0 saturated heterocycles. The van der Waals surface area contributed by atoms with Crippen LogP contribution in [0.15, 0.2) is 59.5 Å². The molecular weight excluding hydrogens is 440 g/mol. The largest absolute Gasteiger partial charge is 0.482 e. The van der Waals surface area contributed by atoms with Crippen LogP contribution in [0.5, 0.6) is 5.75 Å². The number of hydrogen-bond donors (Lipinski definition) is 3. The highest BCUT2D eigenvalue weighted by Crippen LogP contribution is 2.35. The van der Waals surface area contributed by atoms with E-state index in [1.165, 1.54) is 24.3 Å². The SMILES string of the molecule is O=C(O)CN1C(=O)COc2ccc(S(=O)(=O)Nc3cc4ccccc4cc3C(=O)O)cc21. The van der Waals surface area contributed by atoms with Gasteiger partial charge in [-0.3, -0.25) is 19.2 Å². The van der Waals surface area contributed by atoms with Gasteiger partial charge in [0.05, 0.1) is 21.8 Å². The van der Waals surface area contributed by atoms with Gasteiger partial charge in [-0.05, 0) is 41.1 Å². The van der Waals surface area contributed by atoms with Gasteiger partial charge in [0.1, 0.15) is 12.3 Å². The zero-order chi connectivity index (χ0) is 23.0. The quantitative estimate of drug-likeness (QED) is 0.511. The highest BCUT2D eigenvalue weighted by atomic mass is 32.2. The summed E-state index contributed by atoms with van der Waals surface area (Å²) in [6.45, 7) is -1.04. The average Bonchev–Trinajstić information content (AvgIpc) is 2.74. The van der Waals surface area contributed by atoms with Crippen molar-refractivity contribution in [2.75, 3.05) is 22.8 Å². The summed E-state index contributed by atoms with van der Waals surface area (Å²) in [4.78, 5) is 35.6. The number of ether oxygens (including phenoxy) is 1. The molecule has 0 radical (unpaired) electrons. The number of aliphatic carboxylic acids is 1. The highest BCUT2D eigenvalue weighted by molar-refractivity contribution is 7.92. The lowest BCUT2D eigenvalue weighted by atomic mass is 10.1. The van der Waals surface area contributed by atoms with E-state index in [1.54, 1.807) is 24.3 Å². The van der Waals surface area contributed by atoms with Crippen LogP contribution in [-0.4, -0.2) is 49.6 Å². The second kappa shape index (κ2) is 7.85. The number of aromatic carboxylic acids is 1. The minimum absolute atomic E-state index is 0.0107. The van der Waals surface area contributed by atoms with Crippen LogP contribution in [0.4, 0.5) is 11.4 Å². The Morgan fingerprint density at radius 3 is 2.38 bits per heavy atom. The van der Waals surface area contributed by atoms with Gasteiger partial charge in [0.2, 0.25) is 0 Å². The van der Waals surface area contributed by atoms with Crippen molar-refractivity contribution in [3.8, 4) is 5.75 Å². The predicted molar refractivity (Wildman–Crippen MR) is 114 cm³/mol. The van der Waals surface area contributed by atoms with Crippen molar-refractivity contribution in [3.05, 3.63) is 60.2 Å². The molecular formula is C21H16N2O8S. The second-order valence-electron chi connectivity index (χ2n) is 6.95. The maximum absolute atomic E-state index is 13.0. The second-order valence-corrected chi connectivity index (χ2v) is 8.63. The third kappa shape index (κ3) is 3.93. The Hall–Kier alpha value is -4.12. The number of nitrogens with zero attached hydrogens (tertiary/aromatic N) is 1. The molecule has 1 amide bonds. The van der Waals surface area contributed by atoms with Crippen molar-refractivity contribution in [3.63, 3.8) is 0 Å². The topological polar surface area (TPSA) is 150 Å². The predicted octanol–water partition coefficient (Wildman–Crippen LogP) is 2.15. The number of fused-ring (bicyclic) bond motifs is 2. The number of rotatable bonds is 6. The fourth-order valence-corrected chi connectivity index (χ4v) is 4.45. The molecule has 0 saturated carbocycles. The van der Waals surface area contributed by atoms with E-state index in [4.69, 9.17) is 9.84 Å². The molecule has 0 atom stereocenters. The maximum Gasteiger partial charge on any atom is 0.337 e. The third-order valence-corrected chi connectivity index (χ3v) is 6.20. The summed E-state index contributed by atoms with van der Waals surface area (Å²) >= 11 is 0. The molecule has 164 valence electrons. The Balaban J connectivity index is 1.76. The van der Waals surface area contributed by atoms with Gasteiger partial charge in [-0.1, -0.05) is 24.3 Å². The van der Waals surface area contributed by atoms with E-state index in [-0.39, 0.29) is 34.2 Å². The van der Waals surface area contributed by atoms with Crippen molar-refractivity contribution in [2.45, 2.75) is 4.90 Å². The molecule has 32 heavy (non-hydrogen) atoms. The van der Waals surface area contributed by atoms with Gasteiger partial charge < -0.3 is 14.9 Å². The lowest BCUT2D eigenvalue weighted by Gasteiger charge is -2.28. The molecule has 4 rings (SSSR count). The van der Waals surface area contributed by atoms with Crippen LogP contribution in [-0.2, 0) is 19.6 Å². The summed E-state index contributed by atoms with van der Waals surface area (Å²) in [5.41, 5.74) is -0.386. The van der Waals surface area contributed by atoms with E-state index in [9.17, 15) is 27.9 Å². The molecule has 10 nitrogen and oxygen atoms in total. The number of hydrogen-bond acceptors (Lipinski definition) is 6. The van der Waals surface area contributed by atoms with Crippen molar-refractivity contribution in [1.29, 1.82) is 0 Å². The Bertz CT molecular complexity index is 1380. The first-order valence-corrected chi connectivity index (χ1v) is 10.7.